The average Bonchev–Trinajstić information content (AvgIpc) is 2.49. The molecule has 1 aromatic carbocycles. The first kappa shape index (κ1) is 15.7. The number of carbonyl (C=O) groups excluding carboxylic acids is 2. The summed E-state index contributed by atoms with van der Waals surface area (Å²) >= 11 is 0. The Balaban J connectivity index is 2.12. The normalized spacial score (nSPS) is 9.25. The van der Waals surface area contributed by atoms with E-state index in [1.165, 1.54) is 0 Å². The summed E-state index contributed by atoms with van der Waals surface area (Å²) < 4.78 is 0. The summed E-state index contributed by atoms with van der Waals surface area (Å²) in [5.41, 5.74) is 2.38. The molecule has 0 spiro atoms. The molecule has 0 fully saturated rings. The molecule has 0 saturated carbocycles. The van der Waals surface area contributed by atoms with Crippen LogP contribution in [0.5, 0.6) is 0 Å². The first-order valence-corrected chi connectivity index (χ1v) is 6.50. The van der Waals surface area contributed by atoms with Crippen LogP contribution in [0.25, 0.3) is 0 Å². The zero-order chi connectivity index (χ0) is 14.6. The molecule has 2 amide bonds. The lowest BCUT2D eigenvalue weighted by Crippen LogP contribution is -2.22. The van der Waals surface area contributed by atoms with Crippen molar-refractivity contribution in [2.75, 3.05) is 6.54 Å². The molecule has 0 aliphatic rings. The minimum atomic E-state index is -0.386. The van der Waals surface area contributed by atoms with Gasteiger partial charge in [-0.3, -0.25) is 14.8 Å². The van der Waals surface area contributed by atoms with Crippen molar-refractivity contribution >= 4 is 11.8 Å². The first-order valence-electron chi connectivity index (χ1n) is 6.50. The van der Waals surface area contributed by atoms with Crippen molar-refractivity contribution in [3.05, 3.63) is 35.9 Å². The zero-order valence-electron chi connectivity index (χ0n) is 11.2. The van der Waals surface area contributed by atoms with Gasteiger partial charge in [-0.25, -0.2) is 5.48 Å². The largest absolute Gasteiger partial charge is 0.345 e. The van der Waals surface area contributed by atoms with E-state index in [0.29, 0.717) is 13.0 Å². The first-order chi connectivity index (χ1) is 9.72. The molecule has 1 rings (SSSR count). The number of amides is 2. The number of rotatable bonds is 6. The van der Waals surface area contributed by atoms with Crippen molar-refractivity contribution in [2.24, 2.45) is 0 Å². The average molecular weight is 274 g/mol. The third-order valence-corrected chi connectivity index (χ3v) is 2.59. The van der Waals surface area contributed by atoms with Gasteiger partial charge in [0.15, 0.2) is 0 Å². The van der Waals surface area contributed by atoms with Crippen LogP contribution >= 0.6 is 0 Å². The molecule has 20 heavy (non-hydrogen) atoms. The van der Waals surface area contributed by atoms with Crippen molar-refractivity contribution in [3.63, 3.8) is 0 Å². The predicted octanol–water partition coefficient (Wildman–Crippen LogP) is 1.22. The maximum atomic E-state index is 11.4. The highest BCUT2D eigenvalue weighted by atomic mass is 16.5. The van der Waals surface area contributed by atoms with E-state index in [0.717, 1.165) is 18.4 Å². The van der Waals surface area contributed by atoms with Crippen LogP contribution in [-0.2, 0) is 9.59 Å². The molecule has 0 atom stereocenters. The van der Waals surface area contributed by atoms with Gasteiger partial charge in [0.25, 0.3) is 5.91 Å². The molecule has 0 saturated heterocycles. The van der Waals surface area contributed by atoms with E-state index < -0.39 is 0 Å². The van der Waals surface area contributed by atoms with E-state index in [9.17, 15) is 9.59 Å². The summed E-state index contributed by atoms with van der Waals surface area (Å²) in [6, 6.07) is 9.30. The summed E-state index contributed by atoms with van der Waals surface area (Å²) in [5.74, 6) is 4.61. The highest BCUT2D eigenvalue weighted by Crippen LogP contribution is 1.98. The second-order valence-corrected chi connectivity index (χ2v) is 4.22. The number of carbonyl (C=O) groups is 2. The third-order valence-electron chi connectivity index (χ3n) is 2.59. The number of benzene rings is 1. The lowest BCUT2D eigenvalue weighted by atomic mass is 10.2. The number of unbranched alkanes of at least 4 members (excludes halogenated alkanes) is 2. The van der Waals surface area contributed by atoms with Crippen molar-refractivity contribution < 1.29 is 14.8 Å². The highest BCUT2D eigenvalue weighted by molar-refractivity contribution is 5.94. The lowest BCUT2D eigenvalue weighted by molar-refractivity contribution is -0.129. The van der Waals surface area contributed by atoms with Crippen LogP contribution in [0.2, 0.25) is 0 Å². The van der Waals surface area contributed by atoms with Crippen molar-refractivity contribution in [2.45, 2.75) is 25.7 Å². The van der Waals surface area contributed by atoms with Crippen LogP contribution in [0.3, 0.4) is 0 Å². The SMILES string of the molecule is O=C(C#Cc1ccccc1)NCCCCCC(=O)NO. The molecule has 3 N–H and O–H groups in total. The molecule has 106 valence electrons. The minimum absolute atomic E-state index is 0.290. The molecule has 5 nitrogen and oxygen atoms in total. The van der Waals surface area contributed by atoms with E-state index in [1.54, 1.807) is 5.48 Å². The molecular formula is C15H18N2O3. The number of hydrogen-bond donors (Lipinski definition) is 3. The number of hydrogen-bond acceptors (Lipinski definition) is 3. The monoisotopic (exact) mass is 274 g/mol. The second-order valence-electron chi connectivity index (χ2n) is 4.22. The Bertz CT molecular complexity index is 489. The second kappa shape index (κ2) is 9.59. The van der Waals surface area contributed by atoms with Crippen molar-refractivity contribution in [1.82, 2.24) is 10.8 Å². The van der Waals surface area contributed by atoms with E-state index in [2.05, 4.69) is 17.2 Å². The molecule has 0 bridgehead atoms. The van der Waals surface area contributed by atoms with Crippen LogP contribution in [-0.4, -0.2) is 23.6 Å². The van der Waals surface area contributed by atoms with Gasteiger partial charge in [-0.05, 0) is 25.0 Å². The fraction of sp³-hybridized carbons (Fsp3) is 0.333. The summed E-state index contributed by atoms with van der Waals surface area (Å²) in [7, 11) is 0. The quantitative estimate of drug-likeness (QED) is 0.316. The van der Waals surface area contributed by atoms with Crippen LogP contribution in [0.15, 0.2) is 30.3 Å². The summed E-state index contributed by atoms with van der Waals surface area (Å²) in [4.78, 5) is 22.1. The van der Waals surface area contributed by atoms with Crippen LogP contribution in [0, 0.1) is 11.8 Å². The Kier molecular flexibility index (Phi) is 7.55. The number of hydroxylamine groups is 1. The van der Waals surface area contributed by atoms with Crippen LogP contribution in [0.4, 0.5) is 0 Å². The predicted molar refractivity (Wildman–Crippen MR) is 74.7 cm³/mol. The standard InChI is InChI=1S/C15H18N2O3/c18-14(11-10-13-7-3-1-4-8-13)16-12-6-2-5-9-15(19)17-20/h1,3-4,7-8,20H,2,5-6,9,12H2,(H,16,18)(H,17,19). The zero-order valence-corrected chi connectivity index (χ0v) is 11.2. The fourth-order valence-electron chi connectivity index (χ4n) is 1.54. The van der Waals surface area contributed by atoms with E-state index >= 15 is 0 Å². The van der Waals surface area contributed by atoms with Gasteiger partial charge >= 0.3 is 0 Å². The molecular weight excluding hydrogens is 256 g/mol. The molecule has 0 heterocycles. The highest BCUT2D eigenvalue weighted by Gasteiger charge is 1.99. The third kappa shape index (κ3) is 7.19. The maximum absolute atomic E-state index is 11.4. The van der Waals surface area contributed by atoms with Crippen LogP contribution < -0.4 is 10.8 Å². The van der Waals surface area contributed by atoms with Gasteiger partial charge in [0.2, 0.25) is 5.91 Å². The Morgan fingerprint density at radius 1 is 1.10 bits per heavy atom. The van der Waals surface area contributed by atoms with Crippen molar-refractivity contribution in [3.8, 4) is 11.8 Å². The molecule has 0 radical (unpaired) electrons. The molecule has 5 heteroatoms. The van der Waals surface area contributed by atoms with E-state index in [1.807, 2.05) is 30.3 Å². The summed E-state index contributed by atoms with van der Waals surface area (Å²) in [6.07, 6.45) is 2.55. The minimum Gasteiger partial charge on any atom is -0.345 e. The fourth-order valence-corrected chi connectivity index (χ4v) is 1.54. The molecule has 0 aliphatic carbocycles. The Morgan fingerprint density at radius 2 is 1.85 bits per heavy atom. The number of nitrogens with one attached hydrogen (secondary N) is 2. The van der Waals surface area contributed by atoms with Gasteiger partial charge in [0.1, 0.15) is 0 Å². The van der Waals surface area contributed by atoms with Crippen molar-refractivity contribution in [1.29, 1.82) is 0 Å². The Hall–Kier alpha value is -2.32. The van der Waals surface area contributed by atoms with E-state index in [-0.39, 0.29) is 18.2 Å². The molecule has 0 aromatic heterocycles. The topological polar surface area (TPSA) is 78.4 Å². The van der Waals surface area contributed by atoms with Gasteiger partial charge < -0.3 is 5.32 Å². The van der Waals surface area contributed by atoms with Crippen LogP contribution in [0.1, 0.15) is 31.2 Å². The van der Waals surface area contributed by atoms with Gasteiger partial charge in [-0.15, -0.1) is 0 Å². The van der Waals surface area contributed by atoms with Gasteiger partial charge in [0.05, 0.1) is 0 Å². The molecule has 1 aromatic rings. The smallest absolute Gasteiger partial charge is 0.296 e. The Labute approximate surface area is 118 Å². The molecule has 0 unspecified atom stereocenters. The summed E-state index contributed by atoms with van der Waals surface area (Å²) in [5, 5.41) is 11.0. The van der Waals surface area contributed by atoms with E-state index in [4.69, 9.17) is 5.21 Å². The molecule has 0 aliphatic heterocycles. The van der Waals surface area contributed by atoms with Gasteiger partial charge in [0, 0.05) is 24.4 Å². The maximum Gasteiger partial charge on any atom is 0.296 e. The van der Waals surface area contributed by atoms with Gasteiger partial charge in [-0.2, -0.15) is 0 Å². The Morgan fingerprint density at radius 3 is 2.55 bits per heavy atom. The lowest BCUT2D eigenvalue weighted by Gasteiger charge is -2.01. The van der Waals surface area contributed by atoms with Gasteiger partial charge in [-0.1, -0.05) is 30.5 Å². The summed E-state index contributed by atoms with van der Waals surface area (Å²) in [6.45, 7) is 0.531.